The van der Waals surface area contributed by atoms with Crippen LogP contribution < -0.4 is 11.4 Å². The number of carbonyl (C=O) groups excluding carboxylic acids is 1. The van der Waals surface area contributed by atoms with E-state index in [2.05, 4.69) is 0 Å². The lowest BCUT2D eigenvalue weighted by Gasteiger charge is -2.07. The van der Waals surface area contributed by atoms with Crippen molar-refractivity contribution in [3.05, 3.63) is 58.3 Å². The minimum absolute atomic E-state index is 0.0886. The molecule has 2 N–H and O–H groups in total. The van der Waals surface area contributed by atoms with Crippen LogP contribution in [-0.2, 0) is 6.54 Å². The van der Waals surface area contributed by atoms with Crippen molar-refractivity contribution in [2.45, 2.75) is 26.4 Å². The number of hydrogen-bond acceptors (Lipinski definition) is 2. The number of amides is 1. The molecule has 0 unspecified atom stereocenters. The number of primary amides is 1. The van der Waals surface area contributed by atoms with Gasteiger partial charge in [0.15, 0.2) is 0 Å². The molecule has 5 nitrogen and oxygen atoms in total. The molecule has 0 aliphatic carbocycles. The molecule has 0 aliphatic heterocycles. The molecule has 1 amide bonds. The lowest BCUT2D eigenvalue weighted by atomic mass is 10.1. The fraction of sp³-hybridized carbons (Fsp3) is 0.286. The summed E-state index contributed by atoms with van der Waals surface area (Å²) in [7, 11) is 0. The van der Waals surface area contributed by atoms with Crippen molar-refractivity contribution in [1.82, 2.24) is 9.13 Å². The number of benzene rings is 1. The van der Waals surface area contributed by atoms with Gasteiger partial charge in [0.25, 0.3) is 0 Å². The first-order valence-corrected chi connectivity index (χ1v) is 6.15. The van der Waals surface area contributed by atoms with E-state index in [0.717, 1.165) is 5.56 Å². The Hall–Kier alpha value is -2.30. The molecule has 5 heteroatoms. The van der Waals surface area contributed by atoms with Gasteiger partial charge in [0, 0.05) is 24.0 Å². The third-order valence-electron chi connectivity index (χ3n) is 3.05. The highest BCUT2D eigenvalue weighted by atomic mass is 16.2. The van der Waals surface area contributed by atoms with Gasteiger partial charge in [-0.2, -0.15) is 0 Å². The predicted octanol–water partition coefficient (Wildman–Crippen LogP) is 1.38. The molecule has 0 fully saturated rings. The van der Waals surface area contributed by atoms with Gasteiger partial charge in [-0.05, 0) is 25.5 Å². The number of aromatic nitrogens is 2. The zero-order chi connectivity index (χ0) is 14.0. The highest BCUT2D eigenvalue weighted by molar-refractivity contribution is 5.94. The van der Waals surface area contributed by atoms with Crippen molar-refractivity contribution in [2.75, 3.05) is 0 Å². The first kappa shape index (κ1) is 13.1. The Morgan fingerprint density at radius 2 is 1.95 bits per heavy atom. The second kappa shape index (κ2) is 5.14. The molecule has 1 aromatic heterocycles. The monoisotopic (exact) mass is 259 g/mol. The largest absolute Gasteiger partial charge is 0.366 e. The van der Waals surface area contributed by atoms with E-state index in [-0.39, 0.29) is 11.7 Å². The normalized spacial score (nSPS) is 10.9. The maximum Gasteiger partial charge on any atom is 0.328 e. The van der Waals surface area contributed by atoms with Crippen molar-refractivity contribution in [3.8, 4) is 0 Å². The molecule has 2 aromatic rings. The van der Waals surface area contributed by atoms with Gasteiger partial charge in [0.1, 0.15) is 0 Å². The number of imidazole rings is 1. The average molecular weight is 259 g/mol. The van der Waals surface area contributed by atoms with Gasteiger partial charge >= 0.3 is 5.69 Å². The first-order valence-electron chi connectivity index (χ1n) is 6.15. The van der Waals surface area contributed by atoms with E-state index in [9.17, 15) is 9.59 Å². The highest BCUT2D eigenvalue weighted by Crippen LogP contribution is 2.09. The van der Waals surface area contributed by atoms with Gasteiger partial charge in [0.2, 0.25) is 5.91 Å². The molecule has 0 radical (unpaired) electrons. The van der Waals surface area contributed by atoms with Crippen LogP contribution >= 0.6 is 0 Å². The molecular weight excluding hydrogens is 242 g/mol. The van der Waals surface area contributed by atoms with Crippen LogP contribution in [0.2, 0.25) is 0 Å². The summed E-state index contributed by atoms with van der Waals surface area (Å²) in [6.45, 7) is 4.24. The third kappa shape index (κ3) is 2.59. The Labute approximate surface area is 111 Å². The Balaban J connectivity index is 2.37. The Morgan fingerprint density at radius 1 is 1.26 bits per heavy atom. The van der Waals surface area contributed by atoms with Crippen LogP contribution in [0.4, 0.5) is 0 Å². The molecule has 0 saturated carbocycles. The summed E-state index contributed by atoms with van der Waals surface area (Å²) in [5, 5.41) is 0. The average Bonchev–Trinajstić information content (AvgIpc) is 2.71. The number of carbonyl (C=O) groups is 1. The van der Waals surface area contributed by atoms with Crippen molar-refractivity contribution < 1.29 is 4.79 Å². The second-order valence-electron chi connectivity index (χ2n) is 4.73. The lowest BCUT2D eigenvalue weighted by molar-refractivity contribution is 0.0999. The van der Waals surface area contributed by atoms with Gasteiger partial charge < -0.3 is 5.73 Å². The standard InChI is InChI=1S/C14H17N3O2/c1-10(2)17-8-7-16(14(17)19)9-11-5-3-4-6-12(11)13(15)18/h3-8,10H,9H2,1-2H3,(H2,15,18). The first-order chi connectivity index (χ1) is 9.00. The maximum absolute atomic E-state index is 12.1. The summed E-state index contributed by atoms with van der Waals surface area (Å²) in [6, 6.07) is 7.17. The third-order valence-corrected chi connectivity index (χ3v) is 3.05. The van der Waals surface area contributed by atoms with Crippen LogP contribution in [0.3, 0.4) is 0 Å². The van der Waals surface area contributed by atoms with Crippen LogP contribution in [0.5, 0.6) is 0 Å². The SMILES string of the molecule is CC(C)n1ccn(Cc2ccccc2C(N)=O)c1=O. The van der Waals surface area contributed by atoms with Gasteiger partial charge in [-0.1, -0.05) is 18.2 Å². The van der Waals surface area contributed by atoms with Crippen LogP contribution in [0, 0.1) is 0 Å². The summed E-state index contributed by atoms with van der Waals surface area (Å²) in [4.78, 5) is 23.4. The van der Waals surface area contributed by atoms with E-state index in [4.69, 9.17) is 5.73 Å². The van der Waals surface area contributed by atoms with Gasteiger partial charge in [-0.3, -0.25) is 13.9 Å². The molecule has 19 heavy (non-hydrogen) atoms. The second-order valence-corrected chi connectivity index (χ2v) is 4.73. The molecule has 100 valence electrons. The predicted molar refractivity (Wildman–Crippen MR) is 73.1 cm³/mol. The van der Waals surface area contributed by atoms with E-state index in [1.54, 1.807) is 39.7 Å². The maximum atomic E-state index is 12.1. The molecule has 2 rings (SSSR count). The Bertz CT molecular complexity index is 653. The molecule has 1 heterocycles. The van der Waals surface area contributed by atoms with Gasteiger partial charge in [-0.15, -0.1) is 0 Å². The van der Waals surface area contributed by atoms with Crippen molar-refractivity contribution >= 4 is 5.91 Å². The van der Waals surface area contributed by atoms with Gasteiger partial charge in [0.05, 0.1) is 6.54 Å². The molecule has 1 aromatic carbocycles. The Kier molecular flexibility index (Phi) is 3.55. The summed E-state index contributed by atoms with van der Waals surface area (Å²) < 4.78 is 3.22. The van der Waals surface area contributed by atoms with Crippen LogP contribution in [-0.4, -0.2) is 15.0 Å². The molecule has 0 atom stereocenters. The van der Waals surface area contributed by atoms with Crippen LogP contribution in [0.1, 0.15) is 35.8 Å². The fourth-order valence-corrected chi connectivity index (χ4v) is 2.02. The smallest absolute Gasteiger partial charge is 0.328 e. The zero-order valence-corrected chi connectivity index (χ0v) is 11.0. The molecule has 0 aliphatic rings. The van der Waals surface area contributed by atoms with E-state index in [1.165, 1.54) is 0 Å². The molecule has 0 saturated heterocycles. The molecular formula is C14H17N3O2. The summed E-state index contributed by atoms with van der Waals surface area (Å²) in [6.07, 6.45) is 3.47. The quantitative estimate of drug-likeness (QED) is 0.901. The van der Waals surface area contributed by atoms with E-state index >= 15 is 0 Å². The fourth-order valence-electron chi connectivity index (χ4n) is 2.02. The number of hydrogen-bond donors (Lipinski definition) is 1. The minimum atomic E-state index is -0.480. The minimum Gasteiger partial charge on any atom is -0.366 e. The summed E-state index contributed by atoms with van der Waals surface area (Å²) in [5.41, 5.74) is 6.44. The zero-order valence-electron chi connectivity index (χ0n) is 11.0. The highest BCUT2D eigenvalue weighted by Gasteiger charge is 2.10. The topological polar surface area (TPSA) is 70.0 Å². The lowest BCUT2D eigenvalue weighted by Crippen LogP contribution is -2.26. The van der Waals surface area contributed by atoms with Crippen molar-refractivity contribution in [1.29, 1.82) is 0 Å². The van der Waals surface area contributed by atoms with E-state index in [0.29, 0.717) is 12.1 Å². The van der Waals surface area contributed by atoms with Crippen LogP contribution in [0.15, 0.2) is 41.5 Å². The summed E-state index contributed by atoms with van der Waals surface area (Å²) >= 11 is 0. The van der Waals surface area contributed by atoms with E-state index in [1.807, 2.05) is 19.9 Å². The van der Waals surface area contributed by atoms with Gasteiger partial charge in [-0.25, -0.2) is 4.79 Å². The van der Waals surface area contributed by atoms with E-state index < -0.39 is 5.91 Å². The summed E-state index contributed by atoms with van der Waals surface area (Å²) in [5.74, 6) is -0.480. The number of nitrogens with two attached hydrogens (primary N) is 1. The van der Waals surface area contributed by atoms with Crippen molar-refractivity contribution in [3.63, 3.8) is 0 Å². The number of nitrogens with zero attached hydrogens (tertiary/aromatic N) is 2. The molecule has 0 bridgehead atoms. The number of rotatable bonds is 4. The van der Waals surface area contributed by atoms with Crippen molar-refractivity contribution in [2.24, 2.45) is 5.73 Å². The van der Waals surface area contributed by atoms with Crippen LogP contribution in [0.25, 0.3) is 0 Å². The Morgan fingerprint density at radius 3 is 2.53 bits per heavy atom. The molecule has 0 spiro atoms.